The van der Waals surface area contributed by atoms with E-state index in [1.54, 1.807) is 7.11 Å². The number of carbonyl (C=O) groups excluding carboxylic acids is 1. The van der Waals surface area contributed by atoms with Gasteiger partial charge < -0.3 is 20.3 Å². The normalized spacial score (nSPS) is 16.6. The van der Waals surface area contributed by atoms with E-state index in [2.05, 4.69) is 10.6 Å². The summed E-state index contributed by atoms with van der Waals surface area (Å²) in [5, 5.41) is 6.61. The van der Waals surface area contributed by atoms with Crippen molar-refractivity contribution in [1.29, 1.82) is 0 Å². The molecule has 0 saturated carbocycles. The molecule has 6 heteroatoms. The van der Waals surface area contributed by atoms with Gasteiger partial charge in [0.2, 0.25) is 5.91 Å². The minimum absolute atomic E-state index is 0.0403. The smallest absolute Gasteiger partial charge is 0.239 e. The molecular weight excluding hydrogens is 226 g/mol. The van der Waals surface area contributed by atoms with Crippen LogP contribution in [0.2, 0.25) is 0 Å². The third kappa shape index (κ3) is 4.76. The first kappa shape index (κ1) is 13.2. The van der Waals surface area contributed by atoms with E-state index in [4.69, 9.17) is 17.0 Å². The van der Waals surface area contributed by atoms with Crippen LogP contribution in [-0.4, -0.2) is 55.8 Å². The van der Waals surface area contributed by atoms with Gasteiger partial charge in [0.05, 0.1) is 6.54 Å². The van der Waals surface area contributed by atoms with Crippen LogP contribution in [-0.2, 0) is 9.53 Å². The summed E-state index contributed by atoms with van der Waals surface area (Å²) in [7, 11) is 1.68. The molecule has 1 amide bonds. The lowest BCUT2D eigenvalue weighted by molar-refractivity contribution is -0.120. The van der Waals surface area contributed by atoms with Gasteiger partial charge in [-0.2, -0.15) is 0 Å². The summed E-state index contributed by atoms with van der Waals surface area (Å²) < 4.78 is 4.95. The monoisotopic (exact) mass is 245 g/mol. The summed E-state index contributed by atoms with van der Waals surface area (Å²) >= 11 is 5.23. The predicted octanol–water partition coefficient (Wildman–Crippen LogP) is -0.281. The Morgan fingerprint density at radius 1 is 1.69 bits per heavy atom. The number of methoxy groups -OCH3 is 1. The summed E-state index contributed by atoms with van der Waals surface area (Å²) in [6.07, 6.45) is 1.85. The molecule has 0 aliphatic carbocycles. The molecule has 0 unspecified atom stereocenters. The van der Waals surface area contributed by atoms with Gasteiger partial charge in [-0.3, -0.25) is 4.79 Å². The van der Waals surface area contributed by atoms with E-state index >= 15 is 0 Å². The van der Waals surface area contributed by atoms with Crippen LogP contribution < -0.4 is 10.6 Å². The SMILES string of the molecule is COCCCNC(=S)N1CCCNC(=O)C1. The molecule has 0 bridgehead atoms. The molecule has 1 saturated heterocycles. The Bertz CT molecular complexity index is 248. The number of ether oxygens (including phenoxy) is 1. The van der Waals surface area contributed by atoms with E-state index in [1.165, 1.54) is 0 Å². The van der Waals surface area contributed by atoms with Crippen LogP contribution >= 0.6 is 12.2 Å². The molecule has 1 fully saturated rings. The highest BCUT2D eigenvalue weighted by Crippen LogP contribution is 1.97. The van der Waals surface area contributed by atoms with Crippen molar-refractivity contribution in [2.45, 2.75) is 12.8 Å². The molecular formula is C10H19N3O2S. The third-order valence-electron chi connectivity index (χ3n) is 2.35. The first-order valence-electron chi connectivity index (χ1n) is 5.52. The lowest BCUT2D eigenvalue weighted by Gasteiger charge is -2.22. The first-order valence-corrected chi connectivity index (χ1v) is 5.93. The standard InChI is InChI=1S/C10H19N3O2S/c1-15-7-3-5-12-10(16)13-6-2-4-11-9(14)8-13/h2-8H2,1H3,(H,11,14)(H,12,16). The molecule has 0 atom stereocenters. The van der Waals surface area contributed by atoms with E-state index in [0.717, 1.165) is 39.1 Å². The number of hydrogen-bond acceptors (Lipinski definition) is 3. The molecule has 0 aromatic heterocycles. The number of nitrogens with one attached hydrogen (secondary N) is 2. The highest BCUT2D eigenvalue weighted by molar-refractivity contribution is 7.80. The van der Waals surface area contributed by atoms with Crippen molar-refractivity contribution in [2.75, 3.05) is 39.9 Å². The largest absolute Gasteiger partial charge is 0.385 e. The van der Waals surface area contributed by atoms with Crippen LogP contribution in [0, 0.1) is 0 Å². The van der Waals surface area contributed by atoms with Crippen molar-refractivity contribution < 1.29 is 9.53 Å². The third-order valence-corrected chi connectivity index (χ3v) is 2.75. The van der Waals surface area contributed by atoms with E-state index < -0.39 is 0 Å². The van der Waals surface area contributed by atoms with Gasteiger partial charge in [-0.15, -0.1) is 0 Å². The second kappa shape index (κ2) is 7.40. The van der Waals surface area contributed by atoms with Gasteiger partial charge in [-0.1, -0.05) is 0 Å². The number of rotatable bonds is 4. The van der Waals surface area contributed by atoms with E-state index in [9.17, 15) is 4.79 Å². The Balaban J connectivity index is 2.25. The van der Waals surface area contributed by atoms with Crippen molar-refractivity contribution in [3.63, 3.8) is 0 Å². The molecule has 16 heavy (non-hydrogen) atoms. The van der Waals surface area contributed by atoms with Crippen molar-refractivity contribution in [1.82, 2.24) is 15.5 Å². The zero-order chi connectivity index (χ0) is 11.8. The average Bonchev–Trinajstić information content (AvgIpc) is 2.49. The molecule has 0 aromatic carbocycles. The van der Waals surface area contributed by atoms with Crippen molar-refractivity contribution in [2.24, 2.45) is 0 Å². The first-order chi connectivity index (χ1) is 7.74. The maximum Gasteiger partial charge on any atom is 0.239 e. The Hall–Kier alpha value is -0.880. The molecule has 1 aliphatic heterocycles. The average molecular weight is 245 g/mol. The second-order valence-electron chi connectivity index (χ2n) is 3.70. The van der Waals surface area contributed by atoms with Crippen LogP contribution in [0.25, 0.3) is 0 Å². The van der Waals surface area contributed by atoms with Gasteiger partial charge in [-0.25, -0.2) is 0 Å². The molecule has 1 rings (SSSR count). The van der Waals surface area contributed by atoms with Gasteiger partial charge in [-0.05, 0) is 25.1 Å². The van der Waals surface area contributed by atoms with Crippen molar-refractivity contribution in [3.05, 3.63) is 0 Å². The molecule has 5 nitrogen and oxygen atoms in total. The molecule has 0 aromatic rings. The number of hydrogen-bond donors (Lipinski definition) is 2. The van der Waals surface area contributed by atoms with Crippen molar-refractivity contribution >= 4 is 23.2 Å². The molecule has 2 N–H and O–H groups in total. The number of nitrogens with zero attached hydrogens (tertiary/aromatic N) is 1. The fraction of sp³-hybridized carbons (Fsp3) is 0.800. The lowest BCUT2D eigenvalue weighted by Crippen LogP contribution is -2.43. The van der Waals surface area contributed by atoms with E-state index in [1.807, 2.05) is 4.90 Å². The van der Waals surface area contributed by atoms with Crippen LogP contribution in [0.5, 0.6) is 0 Å². The molecule has 1 heterocycles. The summed E-state index contributed by atoms with van der Waals surface area (Å²) in [5.41, 5.74) is 0. The van der Waals surface area contributed by atoms with Gasteiger partial charge in [0.25, 0.3) is 0 Å². The van der Waals surface area contributed by atoms with Gasteiger partial charge in [0, 0.05) is 33.4 Å². The highest BCUT2D eigenvalue weighted by Gasteiger charge is 2.16. The summed E-state index contributed by atoms with van der Waals surface area (Å²) in [5.74, 6) is 0.0403. The van der Waals surface area contributed by atoms with Crippen LogP contribution in [0.1, 0.15) is 12.8 Å². The van der Waals surface area contributed by atoms with Crippen LogP contribution in [0.3, 0.4) is 0 Å². The maximum atomic E-state index is 11.3. The fourth-order valence-corrected chi connectivity index (χ4v) is 1.76. The minimum atomic E-state index is 0.0403. The Morgan fingerprint density at radius 2 is 2.50 bits per heavy atom. The van der Waals surface area contributed by atoms with Gasteiger partial charge in [0.15, 0.2) is 5.11 Å². The molecule has 1 aliphatic rings. The Labute approximate surface area is 102 Å². The van der Waals surface area contributed by atoms with Crippen LogP contribution in [0.4, 0.5) is 0 Å². The molecule has 92 valence electrons. The molecule has 0 radical (unpaired) electrons. The fourth-order valence-electron chi connectivity index (χ4n) is 1.50. The lowest BCUT2D eigenvalue weighted by atomic mass is 10.4. The van der Waals surface area contributed by atoms with Crippen molar-refractivity contribution in [3.8, 4) is 0 Å². The number of carbonyl (C=O) groups is 1. The van der Waals surface area contributed by atoms with E-state index in [0.29, 0.717) is 11.7 Å². The predicted molar refractivity (Wildman–Crippen MR) is 66.3 cm³/mol. The minimum Gasteiger partial charge on any atom is -0.385 e. The summed E-state index contributed by atoms with van der Waals surface area (Å²) in [6, 6.07) is 0. The van der Waals surface area contributed by atoms with Gasteiger partial charge in [0.1, 0.15) is 0 Å². The number of thiocarbonyl (C=S) groups is 1. The highest BCUT2D eigenvalue weighted by atomic mass is 32.1. The van der Waals surface area contributed by atoms with E-state index in [-0.39, 0.29) is 5.91 Å². The zero-order valence-electron chi connectivity index (χ0n) is 9.62. The van der Waals surface area contributed by atoms with Crippen LogP contribution in [0.15, 0.2) is 0 Å². The quantitative estimate of drug-likeness (QED) is 0.527. The number of amides is 1. The Morgan fingerprint density at radius 3 is 3.25 bits per heavy atom. The second-order valence-corrected chi connectivity index (χ2v) is 4.09. The maximum absolute atomic E-state index is 11.3. The topological polar surface area (TPSA) is 53.6 Å². The van der Waals surface area contributed by atoms with Gasteiger partial charge >= 0.3 is 0 Å². The summed E-state index contributed by atoms with van der Waals surface area (Å²) in [4.78, 5) is 13.2. The molecule has 0 spiro atoms. The summed E-state index contributed by atoms with van der Waals surface area (Å²) in [6.45, 7) is 3.42. The zero-order valence-corrected chi connectivity index (χ0v) is 10.4. The Kier molecular flexibility index (Phi) is 6.10.